The van der Waals surface area contributed by atoms with Crippen molar-refractivity contribution < 1.29 is 14.6 Å². The number of fused-ring (bicyclic) bond motifs is 1. The van der Waals surface area contributed by atoms with Crippen molar-refractivity contribution in [3.05, 3.63) is 35.4 Å². The first kappa shape index (κ1) is 14.0. The molecule has 104 valence electrons. The highest BCUT2D eigenvalue weighted by atomic mass is 16.5. The average Bonchev–Trinajstić information content (AvgIpc) is 2.42. The first-order chi connectivity index (χ1) is 9.22. The first-order valence-electron chi connectivity index (χ1n) is 6.83. The number of hydrogen-bond acceptors (Lipinski definition) is 3. The van der Waals surface area contributed by atoms with Gasteiger partial charge in [0.05, 0.1) is 6.61 Å². The fourth-order valence-electron chi connectivity index (χ4n) is 2.48. The van der Waals surface area contributed by atoms with Crippen molar-refractivity contribution in [3.8, 4) is 0 Å². The molecular formula is C15H21NO3. The van der Waals surface area contributed by atoms with Gasteiger partial charge in [0.25, 0.3) is 0 Å². The van der Waals surface area contributed by atoms with Crippen LogP contribution in [-0.4, -0.2) is 41.8 Å². The first-order valence-corrected chi connectivity index (χ1v) is 6.83. The Balaban J connectivity index is 2.02. The van der Waals surface area contributed by atoms with E-state index < -0.39 is 12.0 Å². The summed E-state index contributed by atoms with van der Waals surface area (Å²) in [5.74, 6) is -0.745. The van der Waals surface area contributed by atoms with E-state index in [-0.39, 0.29) is 0 Å². The number of carbonyl (C=O) groups is 1. The Kier molecular flexibility index (Phi) is 4.93. The summed E-state index contributed by atoms with van der Waals surface area (Å²) in [4.78, 5) is 13.4. The maximum atomic E-state index is 11.4. The number of carboxylic acids is 1. The molecule has 0 bridgehead atoms. The number of rotatable bonds is 6. The van der Waals surface area contributed by atoms with E-state index in [1.165, 1.54) is 5.56 Å². The van der Waals surface area contributed by atoms with Crippen LogP contribution in [0.25, 0.3) is 0 Å². The lowest BCUT2D eigenvalue weighted by Gasteiger charge is -2.34. The van der Waals surface area contributed by atoms with Crippen LogP contribution in [0, 0.1) is 0 Å². The molecule has 0 spiro atoms. The minimum absolute atomic E-state index is 0.430. The van der Waals surface area contributed by atoms with Gasteiger partial charge in [-0.2, -0.15) is 0 Å². The van der Waals surface area contributed by atoms with Gasteiger partial charge < -0.3 is 9.84 Å². The molecule has 4 nitrogen and oxygen atoms in total. The molecular weight excluding hydrogens is 242 g/mol. The van der Waals surface area contributed by atoms with Gasteiger partial charge >= 0.3 is 5.97 Å². The van der Waals surface area contributed by atoms with E-state index in [4.69, 9.17) is 4.74 Å². The van der Waals surface area contributed by atoms with Crippen LogP contribution >= 0.6 is 0 Å². The Morgan fingerprint density at radius 2 is 2.11 bits per heavy atom. The Labute approximate surface area is 114 Å². The van der Waals surface area contributed by atoms with Crippen molar-refractivity contribution >= 4 is 5.97 Å². The van der Waals surface area contributed by atoms with Crippen LogP contribution < -0.4 is 0 Å². The molecule has 0 radical (unpaired) electrons. The van der Waals surface area contributed by atoms with E-state index >= 15 is 0 Å². The minimum Gasteiger partial charge on any atom is -0.480 e. The van der Waals surface area contributed by atoms with E-state index in [0.717, 1.165) is 18.6 Å². The molecule has 1 aliphatic heterocycles. The van der Waals surface area contributed by atoms with Gasteiger partial charge in [0, 0.05) is 19.7 Å². The number of ether oxygens (including phenoxy) is 1. The SMILES string of the molecule is CCCOCCN1Cc2ccccc2CC1C(=O)O. The Morgan fingerprint density at radius 1 is 1.37 bits per heavy atom. The van der Waals surface area contributed by atoms with Gasteiger partial charge in [-0.3, -0.25) is 9.69 Å². The predicted octanol–water partition coefficient (Wildman–Crippen LogP) is 1.92. The Morgan fingerprint density at radius 3 is 2.79 bits per heavy atom. The van der Waals surface area contributed by atoms with Crippen molar-refractivity contribution in [2.45, 2.75) is 32.4 Å². The summed E-state index contributed by atoms with van der Waals surface area (Å²) in [5.41, 5.74) is 2.39. The van der Waals surface area contributed by atoms with E-state index in [9.17, 15) is 9.90 Å². The summed E-state index contributed by atoms with van der Waals surface area (Å²) in [7, 11) is 0. The molecule has 1 N–H and O–H groups in total. The van der Waals surface area contributed by atoms with Crippen molar-refractivity contribution in [1.29, 1.82) is 0 Å². The molecule has 0 saturated carbocycles. The van der Waals surface area contributed by atoms with Crippen LogP contribution in [0.1, 0.15) is 24.5 Å². The Bertz CT molecular complexity index is 433. The number of benzene rings is 1. The lowest BCUT2D eigenvalue weighted by atomic mass is 9.94. The summed E-state index contributed by atoms with van der Waals surface area (Å²) in [5, 5.41) is 9.35. The molecule has 1 aromatic carbocycles. The summed E-state index contributed by atoms with van der Waals surface area (Å²) >= 11 is 0. The zero-order chi connectivity index (χ0) is 13.7. The third-order valence-corrected chi connectivity index (χ3v) is 3.50. The standard InChI is InChI=1S/C15H21NO3/c1-2-8-19-9-7-16-11-13-6-4-3-5-12(13)10-14(16)15(17)18/h3-6,14H,2,7-11H2,1H3,(H,17,18). The lowest BCUT2D eigenvalue weighted by Crippen LogP contribution is -2.46. The van der Waals surface area contributed by atoms with Crippen molar-refractivity contribution in [1.82, 2.24) is 4.90 Å². The van der Waals surface area contributed by atoms with Gasteiger partial charge in [0.1, 0.15) is 6.04 Å². The summed E-state index contributed by atoms with van der Waals surface area (Å²) in [6.07, 6.45) is 1.57. The minimum atomic E-state index is -0.745. The van der Waals surface area contributed by atoms with Crippen molar-refractivity contribution in [2.24, 2.45) is 0 Å². The summed E-state index contributed by atoms with van der Waals surface area (Å²) in [6.45, 7) is 4.77. The zero-order valence-electron chi connectivity index (χ0n) is 11.3. The number of nitrogens with zero attached hydrogens (tertiary/aromatic N) is 1. The molecule has 0 fully saturated rings. The van der Waals surface area contributed by atoms with Crippen molar-refractivity contribution in [2.75, 3.05) is 19.8 Å². The van der Waals surface area contributed by atoms with Gasteiger partial charge in [0.15, 0.2) is 0 Å². The molecule has 0 saturated heterocycles. The number of carboxylic acid groups (broad SMARTS) is 1. The molecule has 2 rings (SSSR count). The third-order valence-electron chi connectivity index (χ3n) is 3.50. The molecule has 0 amide bonds. The van der Waals surface area contributed by atoms with E-state index in [2.05, 4.69) is 13.0 Å². The van der Waals surface area contributed by atoms with Crippen LogP contribution in [0.2, 0.25) is 0 Å². The van der Waals surface area contributed by atoms with E-state index in [1.807, 2.05) is 23.1 Å². The number of hydrogen-bond donors (Lipinski definition) is 1. The van der Waals surface area contributed by atoms with Gasteiger partial charge in [-0.1, -0.05) is 31.2 Å². The fraction of sp³-hybridized carbons (Fsp3) is 0.533. The highest BCUT2D eigenvalue weighted by Gasteiger charge is 2.30. The van der Waals surface area contributed by atoms with Crippen LogP contribution in [0.3, 0.4) is 0 Å². The van der Waals surface area contributed by atoms with Gasteiger partial charge in [-0.25, -0.2) is 0 Å². The molecule has 0 aromatic heterocycles. The molecule has 1 aromatic rings. The average molecular weight is 263 g/mol. The topological polar surface area (TPSA) is 49.8 Å². The van der Waals surface area contributed by atoms with Gasteiger partial charge in [-0.05, 0) is 24.0 Å². The van der Waals surface area contributed by atoms with Crippen LogP contribution in [-0.2, 0) is 22.5 Å². The van der Waals surface area contributed by atoms with Crippen LogP contribution in [0.15, 0.2) is 24.3 Å². The van der Waals surface area contributed by atoms with Crippen LogP contribution in [0.5, 0.6) is 0 Å². The molecule has 19 heavy (non-hydrogen) atoms. The van der Waals surface area contributed by atoms with Crippen LogP contribution in [0.4, 0.5) is 0 Å². The molecule has 4 heteroatoms. The second kappa shape index (κ2) is 6.68. The van der Waals surface area contributed by atoms with Gasteiger partial charge in [0.2, 0.25) is 0 Å². The second-order valence-electron chi connectivity index (χ2n) is 4.91. The quantitative estimate of drug-likeness (QED) is 0.797. The summed E-state index contributed by atoms with van der Waals surface area (Å²) in [6, 6.07) is 7.65. The molecule has 1 atom stereocenters. The smallest absolute Gasteiger partial charge is 0.321 e. The molecule has 1 heterocycles. The number of aliphatic carboxylic acids is 1. The Hall–Kier alpha value is -1.39. The molecule has 0 aliphatic carbocycles. The zero-order valence-corrected chi connectivity index (χ0v) is 11.3. The highest BCUT2D eigenvalue weighted by molar-refractivity contribution is 5.74. The molecule has 1 unspecified atom stereocenters. The maximum Gasteiger partial charge on any atom is 0.321 e. The maximum absolute atomic E-state index is 11.4. The predicted molar refractivity (Wildman–Crippen MR) is 73.1 cm³/mol. The fourth-order valence-corrected chi connectivity index (χ4v) is 2.48. The normalized spacial score (nSPS) is 19.1. The molecule has 1 aliphatic rings. The summed E-state index contributed by atoms with van der Waals surface area (Å²) < 4.78 is 5.47. The van der Waals surface area contributed by atoms with Crippen molar-refractivity contribution in [3.63, 3.8) is 0 Å². The van der Waals surface area contributed by atoms with E-state index in [0.29, 0.717) is 26.1 Å². The second-order valence-corrected chi connectivity index (χ2v) is 4.91. The lowest BCUT2D eigenvalue weighted by molar-refractivity contribution is -0.144. The third kappa shape index (κ3) is 3.55. The monoisotopic (exact) mass is 263 g/mol. The largest absolute Gasteiger partial charge is 0.480 e. The van der Waals surface area contributed by atoms with Gasteiger partial charge in [-0.15, -0.1) is 0 Å². The van der Waals surface area contributed by atoms with E-state index in [1.54, 1.807) is 0 Å². The highest BCUT2D eigenvalue weighted by Crippen LogP contribution is 2.23.